The molecule has 0 amide bonds. The fourth-order valence-corrected chi connectivity index (χ4v) is 2.10. The first-order valence-corrected chi connectivity index (χ1v) is 6.34. The molecule has 0 atom stereocenters. The minimum absolute atomic E-state index is 0.0282. The van der Waals surface area contributed by atoms with Crippen LogP contribution in [0.15, 0.2) is 35.8 Å². The normalized spacial score (nSPS) is 11.8. The Hall–Kier alpha value is -1.54. The Balaban J connectivity index is 2.23. The average Bonchev–Trinajstić information content (AvgIpc) is 2.87. The molecule has 1 N–H and O–H groups in total. The summed E-state index contributed by atoms with van der Waals surface area (Å²) in [5, 5.41) is 16.6. The Kier molecular flexibility index (Phi) is 3.87. The third-order valence-electron chi connectivity index (χ3n) is 1.78. The van der Waals surface area contributed by atoms with E-state index in [0.717, 1.165) is 11.8 Å². The van der Waals surface area contributed by atoms with Gasteiger partial charge < -0.3 is 13.9 Å². The fraction of sp³-hybridized carbons (Fsp3) is 0.100. The molecular formula is C10H7BrN2O4S. The molecule has 8 heteroatoms. The van der Waals surface area contributed by atoms with E-state index in [0.29, 0.717) is 16.3 Å². The fourth-order valence-electron chi connectivity index (χ4n) is 1.08. The quantitative estimate of drug-likeness (QED) is 0.680. The largest absolute Gasteiger partial charge is 0.477 e. The summed E-state index contributed by atoms with van der Waals surface area (Å²) in [7, 11) is 0. The number of hydrogen-bond donors (Lipinski definition) is 1. The second-order valence-electron chi connectivity index (χ2n) is 3.14. The average molecular weight is 331 g/mol. The molecule has 0 spiro atoms. The van der Waals surface area contributed by atoms with Crippen LogP contribution in [0.5, 0.6) is 0 Å². The van der Waals surface area contributed by atoms with Gasteiger partial charge in [-0.1, -0.05) is 0 Å². The lowest BCUT2D eigenvalue weighted by Gasteiger charge is -1.96. The lowest BCUT2D eigenvalue weighted by Crippen LogP contribution is -1.96. The third kappa shape index (κ3) is 3.23. The van der Waals surface area contributed by atoms with Crippen molar-refractivity contribution < 1.29 is 18.7 Å². The molecule has 2 rings (SSSR count). The van der Waals surface area contributed by atoms with Gasteiger partial charge in [-0.05, 0) is 39.8 Å². The summed E-state index contributed by atoms with van der Waals surface area (Å²) >= 11 is 4.01. The van der Waals surface area contributed by atoms with Gasteiger partial charge >= 0.3 is 5.97 Å². The number of aromatic nitrogens is 2. The maximum absolute atomic E-state index is 11.1. The van der Waals surface area contributed by atoms with Crippen molar-refractivity contribution in [2.24, 2.45) is 0 Å². The number of aryl methyl sites for hydroxylation is 1. The molecule has 2 heterocycles. The van der Waals surface area contributed by atoms with Crippen molar-refractivity contribution in [1.82, 2.24) is 10.2 Å². The van der Waals surface area contributed by atoms with E-state index in [1.807, 2.05) is 0 Å². The van der Waals surface area contributed by atoms with Gasteiger partial charge in [0.1, 0.15) is 10.7 Å². The van der Waals surface area contributed by atoms with Crippen molar-refractivity contribution in [3.05, 3.63) is 33.4 Å². The molecule has 6 nitrogen and oxygen atoms in total. The zero-order chi connectivity index (χ0) is 13.1. The van der Waals surface area contributed by atoms with Crippen molar-refractivity contribution in [3.8, 4) is 0 Å². The summed E-state index contributed by atoms with van der Waals surface area (Å²) in [6.45, 7) is 1.63. The van der Waals surface area contributed by atoms with E-state index in [1.165, 1.54) is 6.08 Å². The minimum Gasteiger partial charge on any atom is -0.477 e. The van der Waals surface area contributed by atoms with Gasteiger partial charge in [0.15, 0.2) is 4.67 Å². The van der Waals surface area contributed by atoms with Crippen LogP contribution in [0.25, 0.3) is 6.08 Å². The molecule has 0 bridgehead atoms. The molecule has 0 aliphatic carbocycles. The summed E-state index contributed by atoms with van der Waals surface area (Å²) in [6, 6.07) is 3.32. The van der Waals surface area contributed by atoms with E-state index in [1.54, 1.807) is 19.1 Å². The molecule has 0 saturated heterocycles. The van der Waals surface area contributed by atoms with Gasteiger partial charge in [0.25, 0.3) is 5.22 Å². The highest BCUT2D eigenvalue weighted by atomic mass is 79.9. The SMILES string of the molecule is Cc1nnc(S/C(=C/c2ccc(Br)o2)C(=O)O)o1. The predicted molar refractivity (Wildman–Crippen MR) is 66.9 cm³/mol. The lowest BCUT2D eigenvalue weighted by atomic mass is 10.4. The molecule has 0 radical (unpaired) electrons. The van der Waals surface area contributed by atoms with Crippen LogP contribution in [-0.4, -0.2) is 21.3 Å². The van der Waals surface area contributed by atoms with E-state index in [-0.39, 0.29) is 10.1 Å². The Morgan fingerprint density at radius 2 is 2.22 bits per heavy atom. The Bertz CT molecular complexity index is 605. The number of nitrogens with zero attached hydrogens (tertiary/aromatic N) is 2. The molecule has 0 saturated carbocycles. The number of carboxylic acid groups (broad SMARTS) is 1. The number of halogens is 1. The molecule has 2 aromatic heterocycles. The van der Waals surface area contributed by atoms with E-state index < -0.39 is 5.97 Å². The van der Waals surface area contributed by atoms with E-state index in [2.05, 4.69) is 26.1 Å². The van der Waals surface area contributed by atoms with Gasteiger partial charge in [0.05, 0.1) is 0 Å². The molecule has 0 unspecified atom stereocenters. The summed E-state index contributed by atoms with van der Waals surface area (Å²) < 4.78 is 10.8. The zero-order valence-electron chi connectivity index (χ0n) is 9.08. The van der Waals surface area contributed by atoms with Crippen LogP contribution in [0.1, 0.15) is 11.7 Å². The third-order valence-corrected chi connectivity index (χ3v) is 3.06. The number of thioether (sulfide) groups is 1. The molecule has 0 aliphatic heterocycles. The second-order valence-corrected chi connectivity index (χ2v) is 4.92. The maximum atomic E-state index is 11.1. The standard InChI is InChI=1S/C10H7BrN2O4S/c1-5-12-13-10(16-5)18-7(9(14)15)4-6-2-3-8(11)17-6/h2-4H,1H3,(H,14,15)/b7-4+. The highest BCUT2D eigenvalue weighted by Crippen LogP contribution is 2.28. The van der Waals surface area contributed by atoms with Crippen LogP contribution < -0.4 is 0 Å². The summed E-state index contributed by atoms with van der Waals surface area (Å²) in [4.78, 5) is 11.1. The first kappa shape index (κ1) is 12.9. The smallest absolute Gasteiger partial charge is 0.342 e. The highest BCUT2D eigenvalue weighted by Gasteiger charge is 2.15. The summed E-state index contributed by atoms with van der Waals surface area (Å²) in [5.41, 5.74) is 0. The van der Waals surface area contributed by atoms with Gasteiger partial charge in [-0.25, -0.2) is 4.79 Å². The van der Waals surface area contributed by atoms with Crippen LogP contribution in [0, 0.1) is 6.92 Å². The number of rotatable bonds is 4. The van der Waals surface area contributed by atoms with Crippen LogP contribution in [-0.2, 0) is 4.79 Å². The molecular weight excluding hydrogens is 324 g/mol. The van der Waals surface area contributed by atoms with Crippen LogP contribution in [0.3, 0.4) is 0 Å². The van der Waals surface area contributed by atoms with Gasteiger partial charge in [-0.3, -0.25) is 0 Å². The molecule has 18 heavy (non-hydrogen) atoms. The maximum Gasteiger partial charge on any atom is 0.342 e. The Morgan fingerprint density at radius 1 is 1.44 bits per heavy atom. The van der Waals surface area contributed by atoms with Gasteiger partial charge in [0, 0.05) is 13.0 Å². The highest BCUT2D eigenvalue weighted by molar-refractivity contribution is 9.10. The first-order chi connectivity index (χ1) is 8.54. The van der Waals surface area contributed by atoms with E-state index in [9.17, 15) is 4.79 Å². The molecule has 0 fully saturated rings. The number of hydrogen-bond acceptors (Lipinski definition) is 6. The van der Waals surface area contributed by atoms with Crippen molar-refractivity contribution in [1.29, 1.82) is 0 Å². The molecule has 0 aliphatic rings. The van der Waals surface area contributed by atoms with Crippen LogP contribution in [0.2, 0.25) is 0 Å². The van der Waals surface area contributed by atoms with Gasteiger partial charge in [-0.15, -0.1) is 10.2 Å². The lowest BCUT2D eigenvalue weighted by molar-refractivity contribution is -0.131. The predicted octanol–water partition coefficient (Wildman–Crippen LogP) is 2.95. The molecule has 0 aromatic carbocycles. The number of aliphatic carboxylic acids is 1. The molecule has 94 valence electrons. The van der Waals surface area contributed by atoms with Crippen LogP contribution >= 0.6 is 27.7 Å². The number of carbonyl (C=O) groups is 1. The van der Waals surface area contributed by atoms with E-state index in [4.69, 9.17) is 13.9 Å². The first-order valence-electron chi connectivity index (χ1n) is 4.73. The van der Waals surface area contributed by atoms with Crippen molar-refractivity contribution in [2.45, 2.75) is 12.1 Å². The number of carboxylic acids is 1. The molecule has 2 aromatic rings. The Morgan fingerprint density at radius 3 is 2.72 bits per heavy atom. The monoisotopic (exact) mass is 330 g/mol. The van der Waals surface area contributed by atoms with Crippen molar-refractivity contribution >= 4 is 39.7 Å². The van der Waals surface area contributed by atoms with Gasteiger partial charge in [0.2, 0.25) is 5.89 Å². The minimum atomic E-state index is -1.09. The van der Waals surface area contributed by atoms with E-state index >= 15 is 0 Å². The topological polar surface area (TPSA) is 89.4 Å². The second kappa shape index (κ2) is 5.40. The summed E-state index contributed by atoms with van der Waals surface area (Å²) in [6.07, 6.45) is 1.39. The van der Waals surface area contributed by atoms with Crippen LogP contribution in [0.4, 0.5) is 0 Å². The van der Waals surface area contributed by atoms with Crippen molar-refractivity contribution in [2.75, 3.05) is 0 Å². The number of furan rings is 1. The van der Waals surface area contributed by atoms with Gasteiger partial charge in [-0.2, -0.15) is 0 Å². The zero-order valence-corrected chi connectivity index (χ0v) is 11.5. The Labute approximate surface area is 114 Å². The van der Waals surface area contributed by atoms with Crippen molar-refractivity contribution in [3.63, 3.8) is 0 Å². The summed E-state index contributed by atoms with van der Waals surface area (Å²) in [5.74, 6) is -0.297.